The SMILES string of the molecule is CCOC(=O)CCc1ccc(Oc2ccc(NCCc3ccc(Cl)c(Cl)c3)cn2)cc1. The van der Waals surface area contributed by atoms with Crippen molar-refractivity contribution in [1.82, 2.24) is 4.98 Å². The Bertz CT molecular complexity index is 993. The number of hydrogen-bond acceptors (Lipinski definition) is 5. The summed E-state index contributed by atoms with van der Waals surface area (Å²) in [7, 11) is 0. The number of benzene rings is 2. The van der Waals surface area contributed by atoms with Gasteiger partial charge in [-0.1, -0.05) is 41.4 Å². The molecule has 0 saturated carbocycles. The molecule has 0 fully saturated rings. The van der Waals surface area contributed by atoms with Crippen LogP contribution in [0.15, 0.2) is 60.8 Å². The predicted molar refractivity (Wildman–Crippen MR) is 124 cm³/mol. The van der Waals surface area contributed by atoms with Gasteiger partial charge in [0.15, 0.2) is 0 Å². The summed E-state index contributed by atoms with van der Waals surface area (Å²) in [5, 5.41) is 4.45. The van der Waals surface area contributed by atoms with E-state index < -0.39 is 0 Å². The van der Waals surface area contributed by atoms with Crippen LogP contribution in [-0.4, -0.2) is 24.1 Å². The highest BCUT2D eigenvalue weighted by atomic mass is 35.5. The first-order chi connectivity index (χ1) is 15.0. The number of carbonyl (C=O) groups is 1. The van der Waals surface area contributed by atoms with E-state index in [1.54, 1.807) is 19.2 Å². The molecule has 0 aliphatic heterocycles. The molecule has 0 atom stereocenters. The molecule has 5 nitrogen and oxygen atoms in total. The Labute approximate surface area is 192 Å². The largest absolute Gasteiger partial charge is 0.466 e. The first-order valence-electron chi connectivity index (χ1n) is 10.1. The van der Waals surface area contributed by atoms with Crippen LogP contribution in [0.25, 0.3) is 0 Å². The smallest absolute Gasteiger partial charge is 0.306 e. The van der Waals surface area contributed by atoms with E-state index in [2.05, 4.69) is 10.3 Å². The molecule has 0 radical (unpaired) electrons. The Hall–Kier alpha value is -2.76. The van der Waals surface area contributed by atoms with Gasteiger partial charge < -0.3 is 14.8 Å². The van der Waals surface area contributed by atoms with E-state index in [1.807, 2.05) is 48.5 Å². The number of carbonyl (C=O) groups excluding carboxylic acids is 1. The summed E-state index contributed by atoms with van der Waals surface area (Å²) in [6.07, 6.45) is 3.56. The minimum Gasteiger partial charge on any atom is -0.466 e. The monoisotopic (exact) mass is 458 g/mol. The molecule has 1 N–H and O–H groups in total. The third kappa shape index (κ3) is 7.46. The predicted octanol–water partition coefficient (Wildman–Crippen LogP) is 6.33. The van der Waals surface area contributed by atoms with Gasteiger partial charge in [0, 0.05) is 19.0 Å². The molecule has 0 unspecified atom stereocenters. The topological polar surface area (TPSA) is 60.5 Å². The number of pyridine rings is 1. The Kier molecular flexibility index (Phi) is 8.56. The minimum atomic E-state index is -0.183. The second kappa shape index (κ2) is 11.6. The van der Waals surface area contributed by atoms with Crippen molar-refractivity contribution < 1.29 is 14.3 Å². The number of nitrogens with zero attached hydrogens (tertiary/aromatic N) is 1. The fourth-order valence-electron chi connectivity index (χ4n) is 2.92. The van der Waals surface area contributed by atoms with E-state index >= 15 is 0 Å². The van der Waals surface area contributed by atoms with Gasteiger partial charge in [0.25, 0.3) is 0 Å². The molecule has 1 heterocycles. The maximum atomic E-state index is 11.4. The maximum Gasteiger partial charge on any atom is 0.306 e. The van der Waals surface area contributed by atoms with Gasteiger partial charge in [-0.05, 0) is 61.2 Å². The summed E-state index contributed by atoms with van der Waals surface area (Å²) in [5.74, 6) is 1.01. The first-order valence-corrected chi connectivity index (χ1v) is 10.9. The molecular formula is C24H24Cl2N2O3. The van der Waals surface area contributed by atoms with Crippen molar-refractivity contribution in [1.29, 1.82) is 0 Å². The van der Waals surface area contributed by atoms with E-state index in [0.29, 0.717) is 41.1 Å². The van der Waals surface area contributed by atoms with E-state index in [0.717, 1.165) is 29.8 Å². The average Bonchev–Trinajstić information content (AvgIpc) is 2.77. The quantitative estimate of drug-likeness (QED) is 0.359. The van der Waals surface area contributed by atoms with Crippen LogP contribution in [0.5, 0.6) is 11.6 Å². The average molecular weight is 459 g/mol. The maximum absolute atomic E-state index is 11.4. The molecule has 31 heavy (non-hydrogen) atoms. The molecule has 2 aromatic carbocycles. The van der Waals surface area contributed by atoms with Gasteiger partial charge in [0.05, 0.1) is 28.5 Å². The highest BCUT2D eigenvalue weighted by molar-refractivity contribution is 6.42. The summed E-state index contributed by atoms with van der Waals surface area (Å²) in [6, 6.07) is 17.0. The Morgan fingerprint density at radius 2 is 1.74 bits per heavy atom. The van der Waals surface area contributed by atoms with Gasteiger partial charge in [0.2, 0.25) is 5.88 Å². The van der Waals surface area contributed by atoms with E-state index in [-0.39, 0.29) is 5.97 Å². The Morgan fingerprint density at radius 3 is 2.42 bits per heavy atom. The lowest BCUT2D eigenvalue weighted by Gasteiger charge is -2.09. The van der Waals surface area contributed by atoms with Gasteiger partial charge in [-0.2, -0.15) is 0 Å². The summed E-state index contributed by atoms with van der Waals surface area (Å²) in [4.78, 5) is 15.8. The molecular weight excluding hydrogens is 435 g/mol. The zero-order valence-corrected chi connectivity index (χ0v) is 18.7. The Morgan fingerprint density at radius 1 is 0.968 bits per heavy atom. The second-order valence-corrected chi connectivity index (χ2v) is 7.68. The summed E-state index contributed by atoms with van der Waals surface area (Å²) in [6.45, 7) is 2.95. The van der Waals surface area contributed by atoms with Crippen LogP contribution in [0, 0.1) is 0 Å². The number of esters is 1. The normalized spacial score (nSPS) is 10.5. The fraction of sp³-hybridized carbons (Fsp3) is 0.250. The van der Waals surface area contributed by atoms with Crippen LogP contribution in [0.3, 0.4) is 0 Å². The molecule has 0 spiro atoms. The van der Waals surface area contributed by atoms with Crippen molar-refractivity contribution >= 4 is 34.9 Å². The first kappa shape index (κ1) is 22.9. The molecule has 0 bridgehead atoms. The van der Waals surface area contributed by atoms with Gasteiger partial charge in [-0.15, -0.1) is 0 Å². The summed E-state index contributed by atoms with van der Waals surface area (Å²) >= 11 is 12.0. The zero-order chi connectivity index (χ0) is 22.1. The van der Waals surface area contributed by atoms with Crippen molar-refractivity contribution in [2.24, 2.45) is 0 Å². The van der Waals surface area contributed by atoms with Gasteiger partial charge >= 0.3 is 5.97 Å². The second-order valence-electron chi connectivity index (χ2n) is 6.86. The lowest BCUT2D eigenvalue weighted by Crippen LogP contribution is -2.05. The van der Waals surface area contributed by atoms with Crippen LogP contribution in [0.1, 0.15) is 24.5 Å². The zero-order valence-electron chi connectivity index (χ0n) is 17.2. The van der Waals surface area contributed by atoms with Crippen molar-refractivity contribution in [3.8, 4) is 11.6 Å². The molecule has 0 aliphatic carbocycles. The number of hydrogen-bond donors (Lipinski definition) is 1. The number of aryl methyl sites for hydroxylation is 1. The number of nitrogens with one attached hydrogen (secondary N) is 1. The van der Waals surface area contributed by atoms with Gasteiger partial charge in [0.1, 0.15) is 5.75 Å². The van der Waals surface area contributed by atoms with Crippen LogP contribution in [0.2, 0.25) is 10.0 Å². The van der Waals surface area contributed by atoms with Gasteiger partial charge in [-0.3, -0.25) is 4.79 Å². The number of halogens is 2. The van der Waals surface area contributed by atoms with Crippen LogP contribution in [0.4, 0.5) is 5.69 Å². The van der Waals surface area contributed by atoms with E-state index in [1.165, 1.54) is 0 Å². The molecule has 3 aromatic rings. The lowest BCUT2D eigenvalue weighted by atomic mass is 10.1. The lowest BCUT2D eigenvalue weighted by molar-refractivity contribution is -0.143. The fourth-order valence-corrected chi connectivity index (χ4v) is 3.24. The highest BCUT2D eigenvalue weighted by Crippen LogP contribution is 2.23. The van der Waals surface area contributed by atoms with Crippen LogP contribution < -0.4 is 10.1 Å². The van der Waals surface area contributed by atoms with Gasteiger partial charge in [-0.25, -0.2) is 4.98 Å². The van der Waals surface area contributed by atoms with Crippen molar-refractivity contribution in [3.63, 3.8) is 0 Å². The van der Waals surface area contributed by atoms with Crippen molar-refractivity contribution in [2.45, 2.75) is 26.2 Å². The molecule has 0 aliphatic rings. The van der Waals surface area contributed by atoms with E-state index in [9.17, 15) is 4.79 Å². The molecule has 0 saturated heterocycles. The number of ether oxygens (including phenoxy) is 2. The minimum absolute atomic E-state index is 0.183. The number of aromatic nitrogens is 1. The molecule has 0 amide bonds. The number of rotatable bonds is 10. The molecule has 162 valence electrons. The van der Waals surface area contributed by atoms with Crippen molar-refractivity contribution in [2.75, 3.05) is 18.5 Å². The molecule has 7 heteroatoms. The van der Waals surface area contributed by atoms with Crippen molar-refractivity contribution in [3.05, 3.63) is 82.0 Å². The molecule has 1 aromatic heterocycles. The standard InChI is InChI=1S/C24H24Cl2N2O3/c1-2-30-24(29)12-6-17-3-8-20(9-4-17)31-23-11-7-19(16-28-23)27-14-13-18-5-10-21(25)22(26)15-18/h3-5,7-11,15-16,27H,2,6,12-14H2,1H3. The third-order valence-corrected chi connectivity index (χ3v) is 5.27. The number of anilines is 1. The Balaban J connectivity index is 1.45. The molecule has 3 rings (SSSR count). The third-order valence-electron chi connectivity index (χ3n) is 4.53. The van der Waals surface area contributed by atoms with E-state index in [4.69, 9.17) is 32.7 Å². The highest BCUT2D eigenvalue weighted by Gasteiger charge is 2.04. The van der Waals surface area contributed by atoms with Crippen LogP contribution in [-0.2, 0) is 22.4 Å². The summed E-state index contributed by atoms with van der Waals surface area (Å²) < 4.78 is 10.7. The van der Waals surface area contributed by atoms with Crippen LogP contribution >= 0.6 is 23.2 Å². The summed E-state index contributed by atoms with van der Waals surface area (Å²) in [5.41, 5.74) is 3.07.